The van der Waals surface area contributed by atoms with Gasteiger partial charge in [0.25, 0.3) is 0 Å². The van der Waals surface area contributed by atoms with Crippen LogP contribution in [-0.2, 0) is 0 Å². The second-order valence-electron chi connectivity index (χ2n) is 7.72. The lowest BCUT2D eigenvalue weighted by Gasteiger charge is -2.46. The molecule has 0 unspecified atom stereocenters. The highest BCUT2D eigenvalue weighted by atomic mass is 16.3. The maximum absolute atomic E-state index is 11.0. The van der Waals surface area contributed by atoms with Crippen molar-refractivity contribution in [2.45, 2.75) is 65.4 Å². The van der Waals surface area contributed by atoms with Gasteiger partial charge in [-0.05, 0) is 61.2 Å². The monoisotopic (exact) mass is 222 g/mol. The number of rotatable bonds is 0. The molecule has 3 aliphatic carbocycles. The van der Waals surface area contributed by atoms with Gasteiger partial charge in [-0.2, -0.15) is 0 Å². The van der Waals surface area contributed by atoms with Gasteiger partial charge >= 0.3 is 0 Å². The zero-order valence-electron chi connectivity index (χ0n) is 11.2. The Hall–Kier alpha value is -0.0400. The number of hydrogen-bond donors (Lipinski definition) is 1. The molecule has 3 aliphatic rings. The van der Waals surface area contributed by atoms with E-state index in [0.717, 1.165) is 11.8 Å². The summed E-state index contributed by atoms with van der Waals surface area (Å²) < 4.78 is 0. The van der Waals surface area contributed by atoms with Gasteiger partial charge in [0.2, 0.25) is 0 Å². The van der Waals surface area contributed by atoms with E-state index in [0.29, 0.717) is 11.3 Å². The Morgan fingerprint density at radius 3 is 2.25 bits per heavy atom. The first kappa shape index (κ1) is 11.1. The molecular formula is C15H26O. The number of hydrogen-bond acceptors (Lipinski definition) is 1. The van der Waals surface area contributed by atoms with Crippen molar-refractivity contribution in [3.63, 3.8) is 0 Å². The van der Waals surface area contributed by atoms with Gasteiger partial charge in [0.05, 0.1) is 5.60 Å². The second-order valence-corrected chi connectivity index (χ2v) is 7.72. The van der Waals surface area contributed by atoms with Crippen molar-refractivity contribution in [2.24, 2.45) is 28.6 Å². The van der Waals surface area contributed by atoms with Gasteiger partial charge < -0.3 is 5.11 Å². The Morgan fingerprint density at radius 2 is 1.56 bits per heavy atom. The van der Waals surface area contributed by atoms with Crippen molar-refractivity contribution in [1.82, 2.24) is 0 Å². The molecule has 16 heavy (non-hydrogen) atoms. The Morgan fingerprint density at radius 1 is 0.938 bits per heavy atom. The zero-order chi connectivity index (χ0) is 11.8. The largest absolute Gasteiger partial charge is 0.389 e. The third kappa shape index (κ3) is 1.02. The fraction of sp³-hybridized carbons (Fsp3) is 1.00. The van der Waals surface area contributed by atoms with Crippen LogP contribution in [0.1, 0.15) is 59.8 Å². The van der Waals surface area contributed by atoms with Crippen LogP contribution in [0.3, 0.4) is 0 Å². The molecule has 92 valence electrons. The van der Waals surface area contributed by atoms with E-state index in [9.17, 15) is 5.11 Å². The SMILES string of the molecule is CC1(C)CCC[C@@]2(C)[C@@H]3CC[C@@H]([C@@H]31)[C@]2(C)O. The van der Waals surface area contributed by atoms with Gasteiger partial charge in [0.15, 0.2) is 0 Å². The van der Waals surface area contributed by atoms with E-state index in [-0.39, 0.29) is 5.41 Å². The Balaban J connectivity index is 2.12. The van der Waals surface area contributed by atoms with E-state index >= 15 is 0 Å². The van der Waals surface area contributed by atoms with Gasteiger partial charge in [-0.1, -0.05) is 27.2 Å². The molecule has 4 bridgehead atoms. The van der Waals surface area contributed by atoms with E-state index in [1.165, 1.54) is 32.1 Å². The molecule has 0 aromatic carbocycles. The van der Waals surface area contributed by atoms with Crippen molar-refractivity contribution in [3.05, 3.63) is 0 Å². The normalized spacial score (nSPS) is 58.7. The number of aliphatic hydroxyl groups is 1. The van der Waals surface area contributed by atoms with Gasteiger partial charge in [-0.3, -0.25) is 0 Å². The summed E-state index contributed by atoms with van der Waals surface area (Å²) in [4.78, 5) is 0. The van der Waals surface area contributed by atoms with Crippen LogP contribution < -0.4 is 0 Å². The summed E-state index contributed by atoms with van der Waals surface area (Å²) in [5.41, 5.74) is 0.247. The summed E-state index contributed by atoms with van der Waals surface area (Å²) >= 11 is 0. The fourth-order valence-corrected chi connectivity index (χ4v) is 5.75. The van der Waals surface area contributed by atoms with Crippen molar-refractivity contribution in [3.8, 4) is 0 Å². The van der Waals surface area contributed by atoms with E-state index in [1.807, 2.05) is 0 Å². The smallest absolute Gasteiger partial charge is 0.0706 e. The standard InChI is InChI=1S/C15H26O/c1-13(2)8-5-9-14(3)10-6-7-11(12(10)13)15(14,4)16/h10-12,16H,5-9H2,1-4H3/t10-,11+,12-,14+,15+/m1/s1. The maximum Gasteiger partial charge on any atom is 0.0706 e. The molecule has 1 N–H and O–H groups in total. The molecule has 0 aromatic heterocycles. The molecule has 1 nitrogen and oxygen atoms in total. The Kier molecular flexibility index (Phi) is 1.98. The highest BCUT2D eigenvalue weighted by Gasteiger charge is 2.69. The molecule has 0 heterocycles. The van der Waals surface area contributed by atoms with Crippen LogP contribution in [0.2, 0.25) is 0 Å². The van der Waals surface area contributed by atoms with Crippen molar-refractivity contribution < 1.29 is 5.11 Å². The molecule has 1 heteroatoms. The van der Waals surface area contributed by atoms with E-state index < -0.39 is 5.60 Å². The lowest BCUT2D eigenvalue weighted by molar-refractivity contribution is -0.109. The molecule has 0 spiro atoms. The van der Waals surface area contributed by atoms with Crippen LogP contribution in [0, 0.1) is 28.6 Å². The van der Waals surface area contributed by atoms with Crippen LogP contribution in [0.25, 0.3) is 0 Å². The molecular weight excluding hydrogens is 196 g/mol. The molecule has 3 fully saturated rings. The van der Waals surface area contributed by atoms with Gasteiger partial charge in [-0.25, -0.2) is 0 Å². The molecule has 0 aliphatic heterocycles. The minimum Gasteiger partial charge on any atom is -0.389 e. The first-order chi connectivity index (χ1) is 7.31. The predicted octanol–water partition coefficient (Wildman–Crippen LogP) is 3.61. The summed E-state index contributed by atoms with van der Waals surface area (Å²) in [7, 11) is 0. The van der Waals surface area contributed by atoms with Crippen LogP contribution in [0.5, 0.6) is 0 Å². The first-order valence-corrected chi connectivity index (χ1v) is 7.03. The Bertz CT molecular complexity index is 317. The fourth-order valence-electron chi connectivity index (χ4n) is 5.75. The van der Waals surface area contributed by atoms with Gasteiger partial charge in [0, 0.05) is 0 Å². The van der Waals surface area contributed by atoms with Crippen molar-refractivity contribution >= 4 is 0 Å². The quantitative estimate of drug-likeness (QED) is 0.664. The second kappa shape index (κ2) is 2.85. The van der Waals surface area contributed by atoms with Crippen LogP contribution in [0.4, 0.5) is 0 Å². The average Bonchev–Trinajstić information content (AvgIpc) is 2.62. The highest BCUT2D eigenvalue weighted by molar-refractivity contribution is 5.18. The van der Waals surface area contributed by atoms with Crippen molar-refractivity contribution in [1.29, 1.82) is 0 Å². The van der Waals surface area contributed by atoms with Crippen LogP contribution in [-0.4, -0.2) is 10.7 Å². The Labute approximate surface area is 99.6 Å². The maximum atomic E-state index is 11.0. The average molecular weight is 222 g/mol. The third-order valence-corrected chi connectivity index (χ3v) is 6.77. The first-order valence-electron chi connectivity index (χ1n) is 7.03. The molecule has 5 atom stereocenters. The third-order valence-electron chi connectivity index (χ3n) is 6.77. The molecule has 0 saturated heterocycles. The summed E-state index contributed by atoms with van der Waals surface area (Å²) in [6.45, 7) is 9.38. The lowest BCUT2D eigenvalue weighted by Crippen LogP contribution is -2.49. The highest BCUT2D eigenvalue weighted by Crippen LogP contribution is 2.71. The van der Waals surface area contributed by atoms with Gasteiger partial charge in [-0.15, -0.1) is 0 Å². The minimum atomic E-state index is -0.404. The van der Waals surface area contributed by atoms with Crippen molar-refractivity contribution in [2.75, 3.05) is 0 Å². The topological polar surface area (TPSA) is 20.2 Å². The summed E-state index contributed by atoms with van der Waals surface area (Å²) in [6.07, 6.45) is 6.53. The van der Waals surface area contributed by atoms with Crippen LogP contribution >= 0.6 is 0 Å². The van der Waals surface area contributed by atoms with Crippen LogP contribution in [0.15, 0.2) is 0 Å². The molecule has 0 aromatic rings. The van der Waals surface area contributed by atoms with E-state index in [1.54, 1.807) is 0 Å². The summed E-state index contributed by atoms with van der Waals surface area (Å²) in [5, 5.41) is 11.0. The predicted molar refractivity (Wildman–Crippen MR) is 66.1 cm³/mol. The molecule has 0 amide bonds. The van der Waals surface area contributed by atoms with Gasteiger partial charge in [0.1, 0.15) is 0 Å². The van der Waals surface area contributed by atoms with E-state index in [2.05, 4.69) is 27.7 Å². The zero-order valence-corrected chi connectivity index (χ0v) is 11.2. The summed E-state index contributed by atoms with van der Waals surface area (Å²) in [5.74, 6) is 2.12. The lowest BCUT2D eigenvalue weighted by atomic mass is 9.62. The molecule has 3 saturated carbocycles. The summed E-state index contributed by atoms with van der Waals surface area (Å²) in [6, 6.07) is 0. The minimum absolute atomic E-state index is 0.203. The molecule has 3 rings (SSSR count). The molecule has 0 radical (unpaired) electrons. The van der Waals surface area contributed by atoms with E-state index in [4.69, 9.17) is 0 Å².